The predicted molar refractivity (Wildman–Crippen MR) is 113 cm³/mol. The molecule has 0 fully saturated rings. The first-order valence-electron chi connectivity index (χ1n) is 8.30. The molecule has 0 aliphatic heterocycles. The number of aromatic amines is 2. The van der Waals surface area contributed by atoms with Crippen molar-refractivity contribution in [3.05, 3.63) is 99.5 Å². The third kappa shape index (κ3) is 4.84. The van der Waals surface area contributed by atoms with Crippen LogP contribution in [0.2, 0.25) is 5.02 Å². The van der Waals surface area contributed by atoms with Gasteiger partial charge in [-0.2, -0.15) is 0 Å². The Balaban J connectivity index is 1.96. The Labute approximate surface area is 181 Å². The Hall–Kier alpha value is -3.24. The van der Waals surface area contributed by atoms with E-state index in [1.165, 1.54) is 30.4 Å². The molecule has 0 saturated carbocycles. The van der Waals surface area contributed by atoms with Gasteiger partial charge in [0.25, 0.3) is 0 Å². The molecule has 0 unspecified atom stereocenters. The number of ether oxygens (including phenoxy) is 1. The maximum atomic E-state index is 14.0. The minimum absolute atomic E-state index is 0.157. The lowest BCUT2D eigenvalue weighted by atomic mass is 10.1. The van der Waals surface area contributed by atoms with Crippen molar-refractivity contribution in [1.82, 2.24) is 9.97 Å². The van der Waals surface area contributed by atoms with Crippen LogP contribution >= 0.6 is 27.5 Å². The number of rotatable bonds is 6. The highest BCUT2D eigenvalue weighted by atomic mass is 79.9. The van der Waals surface area contributed by atoms with Gasteiger partial charge < -0.3 is 9.72 Å². The van der Waals surface area contributed by atoms with Crippen LogP contribution in [-0.4, -0.2) is 14.9 Å². The van der Waals surface area contributed by atoms with Gasteiger partial charge in [0.05, 0.1) is 9.95 Å². The summed E-state index contributed by atoms with van der Waals surface area (Å²) in [6.45, 7) is -0.157. The summed E-state index contributed by atoms with van der Waals surface area (Å²) < 4.78 is 20.3. The second-order valence-electron chi connectivity index (χ2n) is 5.93. The number of nitrogens with one attached hydrogen (secondary N) is 2. The van der Waals surface area contributed by atoms with Crippen molar-refractivity contribution in [3.63, 3.8) is 0 Å². The minimum Gasteiger partial charge on any atom is -0.488 e. The fourth-order valence-corrected chi connectivity index (χ4v) is 3.17. The van der Waals surface area contributed by atoms with Gasteiger partial charge in [0.1, 0.15) is 23.9 Å². The number of aromatic nitrogens is 2. The third-order valence-corrected chi connectivity index (χ3v) is 4.81. The van der Waals surface area contributed by atoms with Gasteiger partial charge in [0.2, 0.25) is 0 Å². The average Bonchev–Trinajstić information content (AvgIpc) is 2.66. The summed E-state index contributed by atoms with van der Waals surface area (Å²) in [6, 6.07) is 9.21. The van der Waals surface area contributed by atoms with Gasteiger partial charge in [-0.05, 0) is 42.5 Å². The van der Waals surface area contributed by atoms with Crippen LogP contribution in [0.5, 0.6) is 5.75 Å². The molecule has 0 saturated heterocycles. The van der Waals surface area contributed by atoms with Crippen molar-refractivity contribution in [2.45, 2.75) is 6.61 Å². The van der Waals surface area contributed by atoms with Gasteiger partial charge in [0.15, 0.2) is 0 Å². The number of halogens is 3. The Bertz CT molecular complexity index is 1250. The quantitative estimate of drug-likeness (QED) is 0.390. The maximum absolute atomic E-state index is 14.0. The number of nitrogens with zero attached hydrogens (tertiary/aromatic N) is 1. The minimum atomic E-state index is -1.12. The average molecular weight is 497 g/mol. The van der Waals surface area contributed by atoms with Crippen molar-refractivity contribution < 1.29 is 14.1 Å². The lowest BCUT2D eigenvalue weighted by molar-refractivity contribution is -0.386. The number of H-pyrrole nitrogens is 2. The molecule has 8 nitrogen and oxygen atoms in total. The number of hydrogen-bond acceptors (Lipinski definition) is 5. The summed E-state index contributed by atoms with van der Waals surface area (Å²) in [7, 11) is 0. The molecular formula is C19H12BrClFN3O5. The van der Waals surface area contributed by atoms with E-state index in [0.717, 1.165) is 0 Å². The Morgan fingerprint density at radius 3 is 2.67 bits per heavy atom. The van der Waals surface area contributed by atoms with Gasteiger partial charge in [-0.15, -0.1) is 0 Å². The van der Waals surface area contributed by atoms with E-state index in [2.05, 4.69) is 20.9 Å². The smallest absolute Gasteiger partial charge is 0.357 e. The summed E-state index contributed by atoms with van der Waals surface area (Å²) in [5, 5.41) is 11.4. The summed E-state index contributed by atoms with van der Waals surface area (Å²) >= 11 is 9.32. The monoisotopic (exact) mass is 495 g/mol. The Morgan fingerprint density at radius 1 is 1.20 bits per heavy atom. The molecule has 3 rings (SSSR count). The predicted octanol–water partition coefficient (Wildman–Crippen LogP) is 4.28. The first kappa shape index (κ1) is 21.5. The van der Waals surface area contributed by atoms with E-state index >= 15 is 0 Å². The fourth-order valence-electron chi connectivity index (χ4n) is 2.57. The molecule has 0 aliphatic carbocycles. The highest BCUT2D eigenvalue weighted by molar-refractivity contribution is 9.10. The van der Waals surface area contributed by atoms with Crippen molar-refractivity contribution in [3.8, 4) is 5.75 Å². The first-order chi connectivity index (χ1) is 14.3. The molecule has 3 aromatic rings. The van der Waals surface area contributed by atoms with Gasteiger partial charge in [-0.1, -0.05) is 33.6 Å². The second kappa shape index (κ2) is 9.06. The van der Waals surface area contributed by atoms with E-state index in [4.69, 9.17) is 16.3 Å². The standard InChI is InChI=1S/C19H12BrClFN3O5/c20-11-5-7-16(30-9-12-13(21)2-1-3-14(12)22)10(8-11)4-6-15-17(25(28)29)18(26)24-19(27)23-15/h1-8H,9H2,(H2,23,24,26,27). The lowest BCUT2D eigenvalue weighted by Crippen LogP contribution is -2.25. The van der Waals surface area contributed by atoms with Crippen LogP contribution in [0, 0.1) is 15.9 Å². The van der Waals surface area contributed by atoms with Crippen LogP contribution in [0.3, 0.4) is 0 Å². The van der Waals surface area contributed by atoms with E-state index in [1.54, 1.807) is 23.2 Å². The van der Waals surface area contributed by atoms with Gasteiger partial charge in [-0.3, -0.25) is 19.9 Å². The first-order valence-corrected chi connectivity index (χ1v) is 9.47. The Kier molecular flexibility index (Phi) is 6.48. The lowest BCUT2D eigenvalue weighted by Gasteiger charge is -2.11. The zero-order valence-corrected chi connectivity index (χ0v) is 17.3. The molecule has 1 heterocycles. The number of benzene rings is 2. The number of nitro groups is 1. The highest BCUT2D eigenvalue weighted by Crippen LogP contribution is 2.28. The topological polar surface area (TPSA) is 118 Å². The summed E-state index contributed by atoms with van der Waals surface area (Å²) in [5.74, 6) is -0.197. The highest BCUT2D eigenvalue weighted by Gasteiger charge is 2.19. The zero-order valence-electron chi connectivity index (χ0n) is 14.9. The molecule has 2 aromatic carbocycles. The molecule has 0 atom stereocenters. The van der Waals surface area contributed by atoms with Crippen LogP contribution in [-0.2, 0) is 6.61 Å². The van der Waals surface area contributed by atoms with E-state index in [0.29, 0.717) is 15.8 Å². The molecule has 0 amide bonds. The van der Waals surface area contributed by atoms with E-state index in [-0.39, 0.29) is 22.9 Å². The van der Waals surface area contributed by atoms with Crippen molar-refractivity contribution >= 4 is 45.4 Å². The van der Waals surface area contributed by atoms with E-state index < -0.39 is 27.7 Å². The van der Waals surface area contributed by atoms with Crippen LogP contribution < -0.4 is 16.0 Å². The molecule has 0 aliphatic rings. The van der Waals surface area contributed by atoms with Crippen LogP contribution in [0.25, 0.3) is 12.2 Å². The van der Waals surface area contributed by atoms with Crippen molar-refractivity contribution in [2.24, 2.45) is 0 Å². The maximum Gasteiger partial charge on any atom is 0.357 e. The fraction of sp³-hybridized carbons (Fsp3) is 0.0526. The van der Waals surface area contributed by atoms with E-state index in [9.17, 15) is 24.1 Å². The van der Waals surface area contributed by atoms with Gasteiger partial charge >= 0.3 is 16.9 Å². The molecule has 11 heteroatoms. The molecule has 30 heavy (non-hydrogen) atoms. The second-order valence-corrected chi connectivity index (χ2v) is 7.25. The third-order valence-electron chi connectivity index (χ3n) is 3.96. The van der Waals surface area contributed by atoms with Crippen molar-refractivity contribution in [1.29, 1.82) is 0 Å². The largest absolute Gasteiger partial charge is 0.488 e. The molecular weight excluding hydrogens is 485 g/mol. The summed E-state index contributed by atoms with van der Waals surface area (Å²) in [5.41, 5.74) is -2.47. The molecule has 1 aromatic heterocycles. The SMILES string of the molecule is O=c1[nH]c(C=Cc2cc(Br)ccc2OCc2c(F)cccc2Cl)c([N+](=O)[O-])c(=O)[nH]1. The Morgan fingerprint density at radius 2 is 1.97 bits per heavy atom. The van der Waals surface area contributed by atoms with Crippen LogP contribution in [0.15, 0.2) is 50.5 Å². The van der Waals surface area contributed by atoms with E-state index in [1.807, 2.05) is 0 Å². The van der Waals surface area contributed by atoms with Gasteiger partial charge in [-0.25, -0.2) is 9.18 Å². The molecule has 2 N–H and O–H groups in total. The van der Waals surface area contributed by atoms with Gasteiger partial charge in [0, 0.05) is 15.6 Å². The summed E-state index contributed by atoms with van der Waals surface area (Å²) in [4.78, 5) is 37.5. The molecule has 154 valence electrons. The normalized spacial score (nSPS) is 11.0. The number of hydrogen-bond donors (Lipinski definition) is 2. The van der Waals surface area contributed by atoms with Crippen LogP contribution in [0.1, 0.15) is 16.8 Å². The molecule has 0 bridgehead atoms. The van der Waals surface area contributed by atoms with Crippen LogP contribution in [0.4, 0.5) is 10.1 Å². The van der Waals surface area contributed by atoms with Crippen molar-refractivity contribution in [2.75, 3.05) is 0 Å². The summed E-state index contributed by atoms with van der Waals surface area (Å²) in [6.07, 6.45) is 2.63. The molecule has 0 radical (unpaired) electrons. The zero-order chi connectivity index (χ0) is 21.8. The molecule has 0 spiro atoms.